The van der Waals surface area contributed by atoms with Gasteiger partial charge in [0, 0.05) is 6.20 Å². The van der Waals surface area contributed by atoms with Gasteiger partial charge >= 0.3 is 5.97 Å². The summed E-state index contributed by atoms with van der Waals surface area (Å²) in [6.07, 6.45) is 7.87. The average Bonchev–Trinajstić information content (AvgIpc) is 2.27. The first-order valence-electron chi connectivity index (χ1n) is 4.66. The molecule has 2 aliphatic rings. The Hall–Kier alpha value is -1.84. The third kappa shape index (κ3) is 1.58. The average molecular weight is 205 g/mol. The van der Waals surface area contributed by atoms with Gasteiger partial charge in [0.1, 0.15) is 5.76 Å². The number of methoxy groups -OCH3 is 1. The molecular weight excluding hydrogens is 194 g/mol. The Morgan fingerprint density at radius 1 is 1.60 bits per heavy atom. The third-order valence-corrected chi connectivity index (χ3v) is 2.49. The predicted molar refractivity (Wildman–Crippen MR) is 55.5 cm³/mol. The summed E-state index contributed by atoms with van der Waals surface area (Å²) in [5, 5.41) is 8.97. The van der Waals surface area contributed by atoms with Crippen molar-refractivity contribution < 1.29 is 14.6 Å². The molecule has 0 aromatic heterocycles. The van der Waals surface area contributed by atoms with Gasteiger partial charge in [0.2, 0.25) is 0 Å². The number of fused-ring (bicyclic) bond motifs is 1. The molecule has 0 aromatic carbocycles. The maximum Gasteiger partial charge on any atom is 0.354 e. The number of carbonyl (C=O) groups is 1. The molecule has 1 atom stereocenters. The predicted octanol–water partition coefficient (Wildman–Crippen LogP) is 1.52. The molecule has 1 aliphatic carbocycles. The molecular formula is C11H11NO3. The van der Waals surface area contributed by atoms with Crippen LogP contribution in [0.15, 0.2) is 40.8 Å². The van der Waals surface area contributed by atoms with Crippen molar-refractivity contribution in [3.8, 4) is 0 Å². The van der Waals surface area contributed by atoms with Crippen LogP contribution in [0.2, 0.25) is 0 Å². The quantitative estimate of drug-likeness (QED) is 0.743. The van der Waals surface area contributed by atoms with Gasteiger partial charge in [-0.1, -0.05) is 12.2 Å². The van der Waals surface area contributed by atoms with Crippen LogP contribution in [-0.2, 0) is 9.53 Å². The monoisotopic (exact) mass is 205 g/mol. The Balaban J connectivity index is 2.37. The summed E-state index contributed by atoms with van der Waals surface area (Å²) in [6, 6.07) is 0. The maximum absolute atomic E-state index is 10.9. The van der Waals surface area contributed by atoms with E-state index in [0.29, 0.717) is 6.42 Å². The first-order valence-corrected chi connectivity index (χ1v) is 4.66. The summed E-state index contributed by atoms with van der Waals surface area (Å²) in [4.78, 5) is 14.8. The lowest BCUT2D eigenvalue weighted by Crippen LogP contribution is -2.25. The van der Waals surface area contributed by atoms with Crippen LogP contribution in [0.5, 0.6) is 0 Å². The van der Waals surface area contributed by atoms with Crippen LogP contribution in [0, 0.1) is 5.92 Å². The SMILES string of the molecule is COC1=CCC=C2C(C(=O)O)=NC=CC12. The highest BCUT2D eigenvalue weighted by Gasteiger charge is 2.29. The zero-order valence-corrected chi connectivity index (χ0v) is 8.30. The summed E-state index contributed by atoms with van der Waals surface area (Å²) < 4.78 is 5.21. The molecule has 2 rings (SSSR count). The van der Waals surface area contributed by atoms with Crippen molar-refractivity contribution in [1.29, 1.82) is 0 Å². The molecule has 0 amide bonds. The highest BCUT2D eigenvalue weighted by Crippen LogP contribution is 2.31. The van der Waals surface area contributed by atoms with Crippen LogP contribution < -0.4 is 0 Å². The molecule has 78 valence electrons. The van der Waals surface area contributed by atoms with Gasteiger partial charge in [-0.25, -0.2) is 9.79 Å². The number of rotatable bonds is 2. The second-order valence-electron chi connectivity index (χ2n) is 3.31. The van der Waals surface area contributed by atoms with Crippen molar-refractivity contribution in [2.24, 2.45) is 10.9 Å². The minimum absolute atomic E-state index is 0.0904. The van der Waals surface area contributed by atoms with Crippen LogP contribution in [0.25, 0.3) is 0 Å². The molecule has 0 saturated heterocycles. The van der Waals surface area contributed by atoms with Gasteiger partial charge < -0.3 is 9.84 Å². The topological polar surface area (TPSA) is 58.9 Å². The number of nitrogens with zero attached hydrogens (tertiary/aromatic N) is 1. The fourth-order valence-electron chi connectivity index (χ4n) is 1.82. The highest BCUT2D eigenvalue weighted by molar-refractivity contribution is 6.43. The Kier molecular flexibility index (Phi) is 2.41. The van der Waals surface area contributed by atoms with Crippen molar-refractivity contribution >= 4 is 11.7 Å². The van der Waals surface area contributed by atoms with Crippen molar-refractivity contribution in [1.82, 2.24) is 0 Å². The number of hydrogen-bond donors (Lipinski definition) is 1. The van der Waals surface area contributed by atoms with Gasteiger partial charge in [0.05, 0.1) is 13.0 Å². The van der Waals surface area contributed by atoms with Crippen LogP contribution in [-0.4, -0.2) is 23.9 Å². The molecule has 0 saturated carbocycles. The number of carboxylic acids is 1. The van der Waals surface area contributed by atoms with Crippen molar-refractivity contribution in [2.75, 3.05) is 7.11 Å². The molecule has 1 unspecified atom stereocenters. The number of aliphatic imine (C=N–C) groups is 1. The van der Waals surface area contributed by atoms with Crippen LogP contribution >= 0.6 is 0 Å². The molecule has 0 fully saturated rings. The highest BCUT2D eigenvalue weighted by atomic mass is 16.5. The first kappa shape index (κ1) is 9.71. The Labute approximate surface area is 87.3 Å². The van der Waals surface area contributed by atoms with E-state index in [1.165, 1.54) is 6.20 Å². The standard InChI is InChI=1S/C11H11NO3/c1-15-9-4-2-3-8-7(9)5-6-12-10(8)11(13)14/h3-7H,2H2,1H3,(H,13,14). The second kappa shape index (κ2) is 3.73. The summed E-state index contributed by atoms with van der Waals surface area (Å²) >= 11 is 0. The van der Waals surface area contributed by atoms with Gasteiger partial charge in [-0.3, -0.25) is 0 Å². The van der Waals surface area contributed by atoms with E-state index in [2.05, 4.69) is 4.99 Å². The Morgan fingerprint density at radius 2 is 2.40 bits per heavy atom. The van der Waals surface area contributed by atoms with E-state index in [1.807, 2.05) is 18.2 Å². The minimum Gasteiger partial charge on any atom is -0.500 e. The lowest BCUT2D eigenvalue weighted by molar-refractivity contribution is -0.129. The summed E-state index contributed by atoms with van der Waals surface area (Å²) in [5.41, 5.74) is 0.842. The smallest absolute Gasteiger partial charge is 0.354 e. The van der Waals surface area contributed by atoms with Crippen LogP contribution in [0.1, 0.15) is 6.42 Å². The number of allylic oxidation sites excluding steroid dienone is 3. The molecule has 0 spiro atoms. The van der Waals surface area contributed by atoms with E-state index in [9.17, 15) is 4.79 Å². The molecule has 4 heteroatoms. The number of hydrogen-bond acceptors (Lipinski definition) is 3. The van der Waals surface area contributed by atoms with E-state index >= 15 is 0 Å². The van der Waals surface area contributed by atoms with Crippen molar-refractivity contribution in [3.63, 3.8) is 0 Å². The van der Waals surface area contributed by atoms with Crippen LogP contribution in [0.4, 0.5) is 0 Å². The zero-order valence-electron chi connectivity index (χ0n) is 8.30. The molecule has 1 aliphatic heterocycles. The number of ether oxygens (including phenoxy) is 1. The van der Waals surface area contributed by atoms with E-state index in [4.69, 9.17) is 9.84 Å². The summed E-state index contributed by atoms with van der Waals surface area (Å²) in [6.45, 7) is 0. The van der Waals surface area contributed by atoms with Gasteiger partial charge in [-0.05, 0) is 18.1 Å². The molecule has 0 radical (unpaired) electrons. The van der Waals surface area contributed by atoms with E-state index in [0.717, 1.165) is 11.3 Å². The molecule has 1 N–H and O–H groups in total. The van der Waals surface area contributed by atoms with Crippen molar-refractivity contribution in [3.05, 3.63) is 35.8 Å². The fourth-order valence-corrected chi connectivity index (χ4v) is 1.82. The largest absolute Gasteiger partial charge is 0.500 e. The first-order chi connectivity index (χ1) is 7.24. The molecule has 0 bridgehead atoms. The maximum atomic E-state index is 10.9. The number of carboxylic acid groups (broad SMARTS) is 1. The molecule has 1 heterocycles. The minimum atomic E-state index is -0.993. The van der Waals surface area contributed by atoms with Gasteiger partial charge in [0.25, 0.3) is 0 Å². The lowest BCUT2D eigenvalue weighted by atomic mass is 9.86. The van der Waals surface area contributed by atoms with Gasteiger partial charge in [-0.2, -0.15) is 0 Å². The summed E-state index contributed by atoms with van der Waals surface area (Å²) in [7, 11) is 1.59. The van der Waals surface area contributed by atoms with E-state index in [1.54, 1.807) is 7.11 Å². The van der Waals surface area contributed by atoms with E-state index < -0.39 is 5.97 Å². The normalized spacial score (nSPS) is 23.5. The van der Waals surface area contributed by atoms with Gasteiger partial charge in [-0.15, -0.1) is 0 Å². The molecule has 4 nitrogen and oxygen atoms in total. The second-order valence-corrected chi connectivity index (χ2v) is 3.31. The van der Waals surface area contributed by atoms with Crippen molar-refractivity contribution in [2.45, 2.75) is 6.42 Å². The third-order valence-electron chi connectivity index (χ3n) is 2.49. The zero-order chi connectivity index (χ0) is 10.8. The van der Waals surface area contributed by atoms with Crippen LogP contribution in [0.3, 0.4) is 0 Å². The lowest BCUT2D eigenvalue weighted by Gasteiger charge is -2.24. The fraction of sp³-hybridized carbons (Fsp3) is 0.273. The molecule has 15 heavy (non-hydrogen) atoms. The van der Waals surface area contributed by atoms with Gasteiger partial charge in [0.15, 0.2) is 5.71 Å². The Bertz CT molecular complexity index is 416. The molecule has 0 aromatic rings. The van der Waals surface area contributed by atoms with E-state index in [-0.39, 0.29) is 11.6 Å². The Morgan fingerprint density at radius 3 is 3.07 bits per heavy atom. The summed E-state index contributed by atoms with van der Waals surface area (Å²) in [5.74, 6) is -0.294. The number of aliphatic carboxylic acids is 1.